The number of nitrogens with zero attached hydrogens (tertiary/aromatic N) is 4. The lowest BCUT2D eigenvalue weighted by Gasteiger charge is -2.32. The molecule has 0 spiro atoms. The van der Waals surface area contributed by atoms with Crippen LogP contribution in [0.25, 0.3) is 0 Å². The van der Waals surface area contributed by atoms with Gasteiger partial charge in [-0.05, 0) is 31.4 Å². The molecular formula is C17H20N6. The van der Waals surface area contributed by atoms with Crippen molar-refractivity contribution in [1.82, 2.24) is 15.4 Å². The fourth-order valence-corrected chi connectivity index (χ4v) is 3.79. The molecule has 0 amide bonds. The van der Waals surface area contributed by atoms with Crippen molar-refractivity contribution in [3.8, 4) is 0 Å². The highest BCUT2D eigenvalue weighted by atomic mass is 15.5. The molecule has 6 nitrogen and oxygen atoms in total. The first-order valence-electron chi connectivity index (χ1n) is 8.41. The minimum absolute atomic E-state index is 0.313. The zero-order chi connectivity index (χ0) is 15.2. The lowest BCUT2D eigenvalue weighted by molar-refractivity contribution is 0.555. The third-order valence-electron chi connectivity index (χ3n) is 4.98. The quantitative estimate of drug-likeness (QED) is 0.889. The molecule has 0 saturated carbocycles. The van der Waals surface area contributed by atoms with E-state index < -0.39 is 0 Å². The van der Waals surface area contributed by atoms with E-state index in [1.54, 1.807) is 0 Å². The zero-order valence-corrected chi connectivity index (χ0v) is 13.0. The molecule has 5 rings (SSSR count). The van der Waals surface area contributed by atoms with Crippen LogP contribution in [0.1, 0.15) is 30.9 Å². The molecular weight excluding hydrogens is 288 g/mol. The minimum atomic E-state index is 0.313. The predicted molar refractivity (Wildman–Crippen MR) is 91.0 cm³/mol. The molecule has 118 valence electrons. The molecule has 1 aromatic carbocycles. The smallest absolute Gasteiger partial charge is 0.229 e. The van der Waals surface area contributed by atoms with Crippen molar-refractivity contribution in [2.75, 3.05) is 34.9 Å². The highest BCUT2D eigenvalue weighted by Gasteiger charge is 2.36. The molecule has 1 aromatic heterocycles. The molecule has 0 radical (unpaired) electrons. The monoisotopic (exact) mass is 308 g/mol. The highest BCUT2D eigenvalue weighted by molar-refractivity contribution is 5.73. The van der Waals surface area contributed by atoms with Gasteiger partial charge in [-0.1, -0.05) is 18.2 Å². The van der Waals surface area contributed by atoms with Crippen LogP contribution in [-0.4, -0.2) is 29.6 Å². The Bertz CT molecular complexity index is 725. The van der Waals surface area contributed by atoms with Crippen molar-refractivity contribution in [3.63, 3.8) is 0 Å². The van der Waals surface area contributed by atoms with E-state index in [0.29, 0.717) is 6.04 Å². The van der Waals surface area contributed by atoms with Gasteiger partial charge in [0.15, 0.2) is 5.82 Å². The second kappa shape index (κ2) is 5.09. The van der Waals surface area contributed by atoms with E-state index in [0.717, 1.165) is 43.6 Å². The van der Waals surface area contributed by atoms with Gasteiger partial charge in [-0.15, -0.1) is 0 Å². The van der Waals surface area contributed by atoms with Crippen molar-refractivity contribution in [2.45, 2.75) is 25.3 Å². The Labute approximate surface area is 135 Å². The van der Waals surface area contributed by atoms with Gasteiger partial charge in [0.05, 0.1) is 11.6 Å². The van der Waals surface area contributed by atoms with Gasteiger partial charge in [-0.3, -0.25) is 0 Å². The second-order valence-electron chi connectivity index (χ2n) is 6.40. The van der Waals surface area contributed by atoms with Crippen molar-refractivity contribution in [2.24, 2.45) is 0 Å². The summed E-state index contributed by atoms with van der Waals surface area (Å²) in [5, 5.41) is 0. The summed E-state index contributed by atoms with van der Waals surface area (Å²) in [5.74, 6) is 2.86. The Morgan fingerprint density at radius 2 is 1.83 bits per heavy atom. The number of aromatic nitrogens is 2. The number of anilines is 4. The van der Waals surface area contributed by atoms with Crippen LogP contribution in [0.5, 0.6) is 0 Å². The van der Waals surface area contributed by atoms with E-state index in [9.17, 15) is 0 Å². The molecule has 4 heterocycles. The van der Waals surface area contributed by atoms with Crippen LogP contribution in [0, 0.1) is 0 Å². The molecule has 23 heavy (non-hydrogen) atoms. The average molecular weight is 308 g/mol. The highest BCUT2D eigenvalue weighted by Crippen LogP contribution is 2.43. The SMILES string of the molecule is c1ccc(N2CCC3NNc4nc(N5CCCC5)nc2c43)cc1. The Kier molecular flexibility index (Phi) is 2.91. The summed E-state index contributed by atoms with van der Waals surface area (Å²) in [5.41, 5.74) is 9.03. The molecule has 2 N–H and O–H groups in total. The maximum absolute atomic E-state index is 4.97. The van der Waals surface area contributed by atoms with Crippen LogP contribution >= 0.6 is 0 Å². The largest absolute Gasteiger partial charge is 0.341 e. The first kappa shape index (κ1) is 13.1. The Hall–Kier alpha value is -2.34. The maximum atomic E-state index is 4.97. The van der Waals surface area contributed by atoms with Gasteiger partial charge in [0.2, 0.25) is 5.95 Å². The summed E-state index contributed by atoms with van der Waals surface area (Å²) in [6.45, 7) is 3.08. The van der Waals surface area contributed by atoms with E-state index >= 15 is 0 Å². The number of hydrogen-bond acceptors (Lipinski definition) is 6. The number of rotatable bonds is 2. The van der Waals surface area contributed by atoms with E-state index in [1.165, 1.54) is 24.1 Å². The summed E-state index contributed by atoms with van der Waals surface area (Å²) in [4.78, 5) is 14.4. The van der Waals surface area contributed by atoms with Crippen molar-refractivity contribution in [3.05, 3.63) is 35.9 Å². The van der Waals surface area contributed by atoms with E-state index in [-0.39, 0.29) is 0 Å². The van der Waals surface area contributed by atoms with Crippen molar-refractivity contribution < 1.29 is 0 Å². The summed E-state index contributed by atoms with van der Waals surface area (Å²) >= 11 is 0. The molecule has 0 aliphatic carbocycles. The van der Waals surface area contributed by atoms with Crippen molar-refractivity contribution in [1.29, 1.82) is 0 Å². The molecule has 6 heteroatoms. The van der Waals surface area contributed by atoms with Gasteiger partial charge < -0.3 is 15.2 Å². The normalized spacial score (nSPS) is 22.2. The fraction of sp³-hybridized carbons (Fsp3) is 0.412. The summed E-state index contributed by atoms with van der Waals surface area (Å²) in [7, 11) is 0. The van der Waals surface area contributed by atoms with Gasteiger partial charge in [-0.25, -0.2) is 5.43 Å². The zero-order valence-electron chi connectivity index (χ0n) is 13.0. The van der Waals surface area contributed by atoms with Crippen LogP contribution in [0.4, 0.5) is 23.3 Å². The Morgan fingerprint density at radius 3 is 2.65 bits per heavy atom. The number of nitrogens with one attached hydrogen (secondary N) is 2. The standard InChI is InChI=1S/C17H20N6/c1-2-6-12(7-3-1)23-11-8-13-14-15(21-20-13)18-17(19-16(14)23)22-9-4-5-10-22/h1-3,6-7,13,20H,4-5,8-11H2,(H,18,19,21). The Morgan fingerprint density at radius 1 is 1.00 bits per heavy atom. The lowest BCUT2D eigenvalue weighted by atomic mass is 10.0. The van der Waals surface area contributed by atoms with Crippen LogP contribution in [-0.2, 0) is 0 Å². The minimum Gasteiger partial charge on any atom is -0.341 e. The van der Waals surface area contributed by atoms with E-state index in [1.807, 2.05) is 0 Å². The van der Waals surface area contributed by atoms with Crippen LogP contribution in [0.15, 0.2) is 30.3 Å². The molecule has 2 aromatic rings. The van der Waals surface area contributed by atoms with Crippen LogP contribution in [0.3, 0.4) is 0 Å². The van der Waals surface area contributed by atoms with E-state index in [2.05, 4.69) is 51.0 Å². The first-order valence-corrected chi connectivity index (χ1v) is 8.41. The van der Waals surface area contributed by atoms with Crippen LogP contribution in [0.2, 0.25) is 0 Å². The van der Waals surface area contributed by atoms with Crippen molar-refractivity contribution >= 4 is 23.3 Å². The second-order valence-corrected chi connectivity index (χ2v) is 6.40. The summed E-state index contributed by atoms with van der Waals surface area (Å²) in [6.07, 6.45) is 3.51. The van der Waals surface area contributed by atoms with Gasteiger partial charge in [0.25, 0.3) is 0 Å². The lowest BCUT2D eigenvalue weighted by Crippen LogP contribution is -2.31. The van der Waals surface area contributed by atoms with Gasteiger partial charge >= 0.3 is 0 Å². The molecule has 0 bridgehead atoms. The third kappa shape index (κ3) is 2.05. The van der Waals surface area contributed by atoms with E-state index in [4.69, 9.17) is 9.97 Å². The fourth-order valence-electron chi connectivity index (χ4n) is 3.79. The molecule has 1 saturated heterocycles. The maximum Gasteiger partial charge on any atom is 0.229 e. The average Bonchev–Trinajstić information content (AvgIpc) is 3.27. The molecule has 3 aliphatic heterocycles. The molecule has 1 atom stereocenters. The summed E-state index contributed by atoms with van der Waals surface area (Å²) in [6, 6.07) is 10.8. The molecule has 3 aliphatic rings. The number of hydrogen-bond donors (Lipinski definition) is 2. The van der Waals surface area contributed by atoms with Crippen LogP contribution < -0.4 is 20.7 Å². The number of para-hydroxylation sites is 1. The molecule has 1 unspecified atom stereocenters. The summed E-state index contributed by atoms with van der Waals surface area (Å²) < 4.78 is 0. The number of hydrazine groups is 1. The van der Waals surface area contributed by atoms with Gasteiger partial charge in [0.1, 0.15) is 5.82 Å². The third-order valence-corrected chi connectivity index (χ3v) is 4.98. The predicted octanol–water partition coefficient (Wildman–Crippen LogP) is 2.59. The Balaban J connectivity index is 1.64. The first-order chi connectivity index (χ1) is 11.4. The van der Waals surface area contributed by atoms with Gasteiger partial charge in [-0.2, -0.15) is 9.97 Å². The van der Waals surface area contributed by atoms with Gasteiger partial charge in [0, 0.05) is 25.3 Å². The molecule has 1 fully saturated rings. The number of benzene rings is 1. The topological polar surface area (TPSA) is 56.3 Å².